The van der Waals surface area contributed by atoms with Gasteiger partial charge in [-0.15, -0.1) is 0 Å². The molecular formula is C24H24N2O5. The fourth-order valence-electron chi connectivity index (χ4n) is 4.18. The Hall–Kier alpha value is -3.48. The van der Waals surface area contributed by atoms with E-state index in [1.54, 1.807) is 24.3 Å². The van der Waals surface area contributed by atoms with Crippen LogP contribution < -0.4 is 5.32 Å². The van der Waals surface area contributed by atoms with E-state index in [-0.39, 0.29) is 29.5 Å². The lowest BCUT2D eigenvalue weighted by Crippen LogP contribution is -2.48. The van der Waals surface area contributed by atoms with Gasteiger partial charge in [-0.3, -0.25) is 19.3 Å². The van der Waals surface area contributed by atoms with Gasteiger partial charge >= 0.3 is 5.97 Å². The summed E-state index contributed by atoms with van der Waals surface area (Å²) in [6, 6.07) is 14.5. The van der Waals surface area contributed by atoms with Gasteiger partial charge in [0.2, 0.25) is 0 Å². The number of carbonyl (C=O) groups excluding carboxylic acids is 4. The zero-order valence-electron chi connectivity index (χ0n) is 17.1. The summed E-state index contributed by atoms with van der Waals surface area (Å²) in [5, 5.41) is 2.86. The van der Waals surface area contributed by atoms with Crippen LogP contribution in [0.3, 0.4) is 0 Å². The van der Waals surface area contributed by atoms with Crippen molar-refractivity contribution in [2.24, 2.45) is 0 Å². The summed E-state index contributed by atoms with van der Waals surface area (Å²) >= 11 is 0. The molecule has 0 spiro atoms. The van der Waals surface area contributed by atoms with Crippen LogP contribution in [0.4, 0.5) is 0 Å². The van der Waals surface area contributed by atoms with Crippen molar-refractivity contribution in [2.75, 3.05) is 6.61 Å². The molecule has 0 unspecified atom stereocenters. The van der Waals surface area contributed by atoms with Crippen molar-refractivity contribution in [1.29, 1.82) is 0 Å². The first-order valence-electron chi connectivity index (χ1n) is 10.5. The summed E-state index contributed by atoms with van der Waals surface area (Å²) in [5.41, 5.74) is 1.30. The lowest BCUT2D eigenvalue weighted by molar-refractivity contribution is -0.152. The molecule has 31 heavy (non-hydrogen) atoms. The van der Waals surface area contributed by atoms with E-state index in [2.05, 4.69) is 5.32 Å². The third-order valence-corrected chi connectivity index (χ3v) is 5.75. The molecule has 1 fully saturated rings. The smallest absolute Gasteiger partial charge is 0.330 e. The second-order valence-corrected chi connectivity index (χ2v) is 7.89. The Morgan fingerprint density at radius 2 is 1.52 bits per heavy atom. The minimum Gasteiger partial charge on any atom is -0.454 e. The first-order valence-corrected chi connectivity index (χ1v) is 10.5. The molecule has 160 valence electrons. The Kier molecular flexibility index (Phi) is 6.11. The molecule has 3 amide bonds. The number of hydrogen-bond acceptors (Lipinski definition) is 5. The van der Waals surface area contributed by atoms with E-state index >= 15 is 0 Å². The highest BCUT2D eigenvalue weighted by Gasteiger charge is 2.43. The molecule has 1 aliphatic carbocycles. The SMILES string of the molecule is O=C(COC(=O)[C@@H](Cc1ccccc1)N1C(=O)c2ccccc2C1=O)NC1CCCC1. The zero-order valence-corrected chi connectivity index (χ0v) is 17.1. The number of carbonyl (C=O) groups is 4. The summed E-state index contributed by atoms with van der Waals surface area (Å²) in [5.74, 6) is -2.22. The standard InChI is InChI=1S/C24H24N2O5/c27-21(25-17-10-4-5-11-17)15-31-24(30)20(14-16-8-2-1-3-9-16)26-22(28)18-12-6-7-13-19(18)23(26)29/h1-3,6-9,12-13,17,20H,4-5,10-11,14-15H2,(H,25,27)/t20-/m1/s1. The molecule has 0 saturated heterocycles. The highest BCUT2D eigenvalue weighted by atomic mass is 16.5. The lowest BCUT2D eigenvalue weighted by Gasteiger charge is -2.25. The molecule has 1 heterocycles. The highest BCUT2D eigenvalue weighted by Crippen LogP contribution is 2.26. The van der Waals surface area contributed by atoms with E-state index in [1.165, 1.54) is 0 Å². The Labute approximate surface area is 180 Å². The van der Waals surface area contributed by atoms with Gasteiger partial charge in [0.05, 0.1) is 11.1 Å². The molecule has 1 saturated carbocycles. The van der Waals surface area contributed by atoms with Crippen molar-refractivity contribution < 1.29 is 23.9 Å². The van der Waals surface area contributed by atoms with Crippen LogP contribution >= 0.6 is 0 Å². The molecule has 7 heteroatoms. The fourth-order valence-corrected chi connectivity index (χ4v) is 4.18. The number of amides is 3. The molecule has 0 aromatic heterocycles. The molecule has 0 radical (unpaired) electrons. The van der Waals surface area contributed by atoms with Crippen LogP contribution in [0.1, 0.15) is 52.0 Å². The van der Waals surface area contributed by atoms with Gasteiger partial charge in [-0.2, -0.15) is 0 Å². The summed E-state index contributed by atoms with van der Waals surface area (Å²) in [7, 11) is 0. The number of nitrogens with zero attached hydrogens (tertiary/aromatic N) is 1. The maximum absolute atomic E-state index is 13.0. The van der Waals surface area contributed by atoms with E-state index in [4.69, 9.17) is 4.74 Å². The summed E-state index contributed by atoms with van der Waals surface area (Å²) in [6.45, 7) is -0.441. The largest absolute Gasteiger partial charge is 0.454 e. The molecule has 2 aromatic carbocycles. The molecule has 1 N–H and O–H groups in total. The second kappa shape index (κ2) is 9.12. The van der Waals surface area contributed by atoms with Crippen LogP contribution in [-0.2, 0) is 20.7 Å². The maximum atomic E-state index is 13.0. The topological polar surface area (TPSA) is 92.8 Å². The zero-order chi connectivity index (χ0) is 21.8. The van der Waals surface area contributed by atoms with E-state index in [0.29, 0.717) is 0 Å². The Bertz CT molecular complexity index is 963. The van der Waals surface area contributed by atoms with Crippen molar-refractivity contribution >= 4 is 23.7 Å². The molecule has 1 atom stereocenters. The Balaban J connectivity index is 1.50. The molecule has 2 aromatic rings. The number of benzene rings is 2. The molecule has 4 rings (SSSR count). The summed E-state index contributed by atoms with van der Waals surface area (Å²) in [4.78, 5) is 52.0. The summed E-state index contributed by atoms with van der Waals surface area (Å²) in [6.07, 6.45) is 4.10. The molecule has 1 aliphatic heterocycles. The highest BCUT2D eigenvalue weighted by molar-refractivity contribution is 6.22. The molecular weight excluding hydrogens is 396 g/mol. The Morgan fingerprint density at radius 3 is 2.13 bits per heavy atom. The second-order valence-electron chi connectivity index (χ2n) is 7.89. The van der Waals surface area contributed by atoms with Crippen LogP contribution in [0, 0.1) is 0 Å². The first-order chi connectivity index (χ1) is 15.0. The predicted octanol–water partition coefficient (Wildman–Crippen LogP) is 2.50. The lowest BCUT2D eigenvalue weighted by atomic mass is 10.0. The van der Waals surface area contributed by atoms with Gasteiger partial charge in [0, 0.05) is 12.5 Å². The minimum atomic E-state index is -1.16. The number of fused-ring (bicyclic) bond motifs is 1. The molecule has 7 nitrogen and oxygen atoms in total. The van der Waals surface area contributed by atoms with Crippen LogP contribution in [0.5, 0.6) is 0 Å². The fraction of sp³-hybridized carbons (Fsp3) is 0.333. The third kappa shape index (κ3) is 4.50. The van der Waals surface area contributed by atoms with Crippen molar-refractivity contribution in [3.05, 3.63) is 71.3 Å². The van der Waals surface area contributed by atoms with E-state index in [9.17, 15) is 19.2 Å². The van der Waals surface area contributed by atoms with Crippen LogP contribution in [0.15, 0.2) is 54.6 Å². The number of rotatable bonds is 7. The Morgan fingerprint density at radius 1 is 0.935 bits per heavy atom. The number of nitrogens with one attached hydrogen (secondary N) is 1. The minimum absolute atomic E-state index is 0.107. The van der Waals surface area contributed by atoms with Gasteiger partial charge < -0.3 is 10.1 Å². The van der Waals surface area contributed by atoms with Crippen LogP contribution in [-0.4, -0.2) is 47.3 Å². The van der Waals surface area contributed by atoms with Gasteiger partial charge in [-0.1, -0.05) is 55.3 Å². The number of ether oxygens (including phenoxy) is 1. The maximum Gasteiger partial charge on any atom is 0.330 e. The van der Waals surface area contributed by atoms with Crippen molar-refractivity contribution in [3.63, 3.8) is 0 Å². The normalized spacial score (nSPS) is 16.8. The monoisotopic (exact) mass is 420 g/mol. The van der Waals surface area contributed by atoms with Gasteiger partial charge in [-0.05, 0) is 30.5 Å². The number of hydrogen-bond donors (Lipinski definition) is 1. The van der Waals surface area contributed by atoms with Crippen molar-refractivity contribution in [1.82, 2.24) is 10.2 Å². The summed E-state index contributed by atoms with van der Waals surface area (Å²) < 4.78 is 5.26. The van der Waals surface area contributed by atoms with E-state index in [0.717, 1.165) is 36.1 Å². The predicted molar refractivity (Wildman–Crippen MR) is 112 cm³/mol. The quantitative estimate of drug-likeness (QED) is 0.549. The van der Waals surface area contributed by atoms with Gasteiger partial charge in [-0.25, -0.2) is 4.79 Å². The van der Waals surface area contributed by atoms with Gasteiger partial charge in [0.1, 0.15) is 6.04 Å². The average molecular weight is 420 g/mol. The van der Waals surface area contributed by atoms with Gasteiger partial charge in [0.25, 0.3) is 17.7 Å². The van der Waals surface area contributed by atoms with E-state index in [1.807, 2.05) is 30.3 Å². The van der Waals surface area contributed by atoms with Crippen molar-refractivity contribution in [2.45, 2.75) is 44.2 Å². The first kappa shape index (κ1) is 20.8. The number of esters is 1. The van der Waals surface area contributed by atoms with Crippen LogP contribution in [0.25, 0.3) is 0 Å². The van der Waals surface area contributed by atoms with Gasteiger partial charge in [0.15, 0.2) is 6.61 Å². The molecule has 0 bridgehead atoms. The third-order valence-electron chi connectivity index (χ3n) is 5.75. The number of imide groups is 1. The average Bonchev–Trinajstić information content (AvgIpc) is 3.38. The van der Waals surface area contributed by atoms with Crippen LogP contribution in [0.2, 0.25) is 0 Å². The van der Waals surface area contributed by atoms with Crippen molar-refractivity contribution in [3.8, 4) is 0 Å². The van der Waals surface area contributed by atoms with E-state index < -0.39 is 30.4 Å². The molecule has 2 aliphatic rings.